The predicted octanol–water partition coefficient (Wildman–Crippen LogP) is 1.98. The molecule has 0 saturated heterocycles. The molecule has 2 aromatic heterocycles. The zero-order chi connectivity index (χ0) is 11.4. The minimum atomic E-state index is 0.232. The molecular formula is C12H17N3S. The van der Waals surface area contributed by atoms with E-state index < -0.39 is 0 Å². The lowest BCUT2D eigenvalue weighted by molar-refractivity contribution is 0.593. The van der Waals surface area contributed by atoms with Crippen LogP contribution in [0.5, 0.6) is 0 Å². The van der Waals surface area contributed by atoms with Crippen LogP contribution in [0.1, 0.15) is 17.1 Å². The molecule has 0 aromatic carbocycles. The second kappa shape index (κ2) is 5.27. The monoisotopic (exact) mass is 235 g/mol. The van der Waals surface area contributed by atoms with E-state index in [1.807, 2.05) is 19.4 Å². The van der Waals surface area contributed by atoms with E-state index in [-0.39, 0.29) is 6.04 Å². The van der Waals surface area contributed by atoms with Crippen molar-refractivity contribution in [3.8, 4) is 0 Å². The minimum absolute atomic E-state index is 0.232. The number of hydrogen-bond acceptors (Lipinski definition) is 3. The van der Waals surface area contributed by atoms with Crippen molar-refractivity contribution in [3.05, 3.63) is 40.6 Å². The fraction of sp³-hybridized carbons (Fsp3) is 0.417. The van der Waals surface area contributed by atoms with Gasteiger partial charge < -0.3 is 10.3 Å². The lowest BCUT2D eigenvalue weighted by Crippen LogP contribution is -2.23. The third kappa shape index (κ3) is 2.93. The Labute approximate surface area is 99.9 Å². The number of aryl methyl sites for hydroxylation is 2. The van der Waals surface area contributed by atoms with Gasteiger partial charge in [0.05, 0.1) is 0 Å². The summed E-state index contributed by atoms with van der Waals surface area (Å²) in [6.45, 7) is 0. The lowest BCUT2D eigenvalue weighted by atomic mass is 10.1. The van der Waals surface area contributed by atoms with Gasteiger partial charge in [-0.15, -0.1) is 11.3 Å². The molecule has 2 aromatic rings. The van der Waals surface area contributed by atoms with E-state index in [0.29, 0.717) is 0 Å². The molecule has 0 amide bonds. The van der Waals surface area contributed by atoms with E-state index in [1.54, 1.807) is 11.3 Å². The van der Waals surface area contributed by atoms with E-state index in [2.05, 4.69) is 27.1 Å². The summed E-state index contributed by atoms with van der Waals surface area (Å²) in [5, 5.41) is 2.10. The van der Waals surface area contributed by atoms with E-state index in [4.69, 9.17) is 5.73 Å². The normalized spacial score (nSPS) is 12.9. The van der Waals surface area contributed by atoms with Crippen LogP contribution in [0, 0.1) is 0 Å². The Hall–Kier alpha value is -1.13. The van der Waals surface area contributed by atoms with Gasteiger partial charge in [-0.3, -0.25) is 0 Å². The largest absolute Gasteiger partial charge is 0.338 e. The van der Waals surface area contributed by atoms with Crippen molar-refractivity contribution >= 4 is 11.3 Å². The summed E-state index contributed by atoms with van der Waals surface area (Å²) in [6, 6.07) is 4.45. The van der Waals surface area contributed by atoms with Crippen molar-refractivity contribution in [2.45, 2.75) is 25.3 Å². The molecule has 0 aliphatic carbocycles. The van der Waals surface area contributed by atoms with Crippen LogP contribution in [-0.2, 0) is 19.9 Å². The molecular weight excluding hydrogens is 218 g/mol. The number of thiophene rings is 1. The first-order chi connectivity index (χ1) is 7.75. The zero-order valence-corrected chi connectivity index (χ0v) is 10.3. The van der Waals surface area contributed by atoms with E-state index >= 15 is 0 Å². The first-order valence-electron chi connectivity index (χ1n) is 5.50. The summed E-state index contributed by atoms with van der Waals surface area (Å²) in [4.78, 5) is 5.66. The molecule has 2 N–H and O–H groups in total. The van der Waals surface area contributed by atoms with Crippen molar-refractivity contribution in [2.75, 3.05) is 0 Å². The van der Waals surface area contributed by atoms with Gasteiger partial charge in [0.25, 0.3) is 0 Å². The highest BCUT2D eigenvalue weighted by Crippen LogP contribution is 2.12. The Kier molecular flexibility index (Phi) is 3.74. The van der Waals surface area contributed by atoms with E-state index in [9.17, 15) is 0 Å². The van der Waals surface area contributed by atoms with E-state index in [1.165, 1.54) is 4.88 Å². The summed E-state index contributed by atoms with van der Waals surface area (Å²) in [5.41, 5.74) is 6.10. The third-order valence-electron chi connectivity index (χ3n) is 2.70. The molecule has 0 aliphatic heterocycles. The van der Waals surface area contributed by atoms with Gasteiger partial charge in [0.1, 0.15) is 5.82 Å². The number of aromatic nitrogens is 2. The average molecular weight is 235 g/mol. The zero-order valence-electron chi connectivity index (χ0n) is 9.47. The number of hydrogen-bond donors (Lipinski definition) is 1. The summed E-state index contributed by atoms with van der Waals surface area (Å²) >= 11 is 1.78. The van der Waals surface area contributed by atoms with Crippen LogP contribution < -0.4 is 5.73 Å². The van der Waals surface area contributed by atoms with Gasteiger partial charge in [-0.2, -0.15) is 0 Å². The van der Waals surface area contributed by atoms with Gasteiger partial charge in [0, 0.05) is 36.8 Å². The molecule has 86 valence electrons. The number of nitrogens with zero attached hydrogens (tertiary/aromatic N) is 2. The first kappa shape index (κ1) is 11.4. The molecule has 0 fully saturated rings. The van der Waals surface area contributed by atoms with Crippen molar-refractivity contribution in [1.29, 1.82) is 0 Å². The predicted molar refractivity (Wildman–Crippen MR) is 67.5 cm³/mol. The third-order valence-corrected chi connectivity index (χ3v) is 3.60. The molecule has 1 atom stereocenters. The van der Waals surface area contributed by atoms with Crippen LogP contribution in [-0.4, -0.2) is 15.6 Å². The lowest BCUT2D eigenvalue weighted by Gasteiger charge is -2.09. The topological polar surface area (TPSA) is 43.8 Å². The maximum Gasteiger partial charge on any atom is 0.108 e. The Morgan fingerprint density at radius 1 is 1.56 bits per heavy atom. The smallest absolute Gasteiger partial charge is 0.108 e. The van der Waals surface area contributed by atoms with Crippen molar-refractivity contribution in [1.82, 2.24) is 9.55 Å². The van der Waals surface area contributed by atoms with Crippen LogP contribution in [0.25, 0.3) is 0 Å². The van der Waals surface area contributed by atoms with Crippen LogP contribution >= 0.6 is 11.3 Å². The van der Waals surface area contributed by atoms with E-state index in [0.717, 1.165) is 25.1 Å². The molecule has 0 spiro atoms. The summed E-state index contributed by atoms with van der Waals surface area (Å²) in [7, 11) is 2.02. The second-order valence-corrected chi connectivity index (χ2v) is 5.07. The Bertz CT molecular complexity index is 419. The minimum Gasteiger partial charge on any atom is -0.338 e. The van der Waals surface area contributed by atoms with Gasteiger partial charge in [-0.25, -0.2) is 4.98 Å². The molecule has 3 nitrogen and oxygen atoms in total. The van der Waals surface area contributed by atoms with Gasteiger partial charge in [0.15, 0.2) is 0 Å². The van der Waals surface area contributed by atoms with Crippen LogP contribution in [0.15, 0.2) is 29.9 Å². The standard InChI is InChI=1S/C12H17N3S/c1-15-7-6-14-12(15)5-4-10(13)9-11-3-2-8-16-11/h2-3,6-8,10H,4-5,9,13H2,1H3. The SMILES string of the molecule is Cn1ccnc1CCC(N)Cc1cccs1. The van der Waals surface area contributed by atoms with Gasteiger partial charge in [-0.05, 0) is 24.3 Å². The summed E-state index contributed by atoms with van der Waals surface area (Å²) in [5.74, 6) is 1.11. The van der Waals surface area contributed by atoms with Crippen LogP contribution in [0.2, 0.25) is 0 Å². The molecule has 4 heteroatoms. The maximum atomic E-state index is 6.10. The van der Waals surface area contributed by atoms with Crippen LogP contribution in [0.4, 0.5) is 0 Å². The fourth-order valence-corrected chi connectivity index (χ4v) is 2.54. The van der Waals surface area contributed by atoms with Crippen molar-refractivity contribution in [2.24, 2.45) is 12.8 Å². The molecule has 0 saturated carbocycles. The average Bonchev–Trinajstić information content (AvgIpc) is 2.87. The summed E-state index contributed by atoms with van der Waals surface area (Å²) < 4.78 is 2.05. The van der Waals surface area contributed by atoms with Crippen LogP contribution in [0.3, 0.4) is 0 Å². The van der Waals surface area contributed by atoms with Crippen molar-refractivity contribution in [3.63, 3.8) is 0 Å². The number of imidazole rings is 1. The molecule has 0 aliphatic rings. The fourth-order valence-electron chi connectivity index (χ4n) is 1.74. The summed E-state index contributed by atoms with van der Waals surface area (Å²) in [6.07, 6.45) is 6.72. The van der Waals surface area contributed by atoms with Gasteiger partial charge in [-0.1, -0.05) is 6.07 Å². The number of nitrogens with two attached hydrogens (primary N) is 1. The highest BCUT2D eigenvalue weighted by molar-refractivity contribution is 7.09. The van der Waals surface area contributed by atoms with Gasteiger partial charge >= 0.3 is 0 Å². The highest BCUT2D eigenvalue weighted by atomic mass is 32.1. The molecule has 0 radical (unpaired) electrons. The molecule has 2 heterocycles. The number of rotatable bonds is 5. The Morgan fingerprint density at radius 3 is 3.06 bits per heavy atom. The maximum absolute atomic E-state index is 6.10. The highest BCUT2D eigenvalue weighted by Gasteiger charge is 2.07. The Balaban J connectivity index is 1.80. The molecule has 16 heavy (non-hydrogen) atoms. The first-order valence-corrected chi connectivity index (χ1v) is 6.38. The molecule has 1 unspecified atom stereocenters. The molecule has 2 rings (SSSR count). The second-order valence-electron chi connectivity index (χ2n) is 4.04. The van der Waals surface area contributed by atoms with Gasteiger partial charge in [0.2, 0.25) is 0 Å². The van der Waals surface area contributed by atoms with Crippen molar-refractivity contribution < 1.29 is 0 Å². The quantitative estimate of drug-likeness (QED) is 0.861. The Morgan fingerprint density at radius 2 is 2.44 bits per heavy atom. The molecule has 0 bridgehead atoms.